The van der Waals surface area contributed by atoms with E-state index in [-0.39, 0.29) is 32.2 Å². The number of phenolic OH excluding ortho intramolecular Hbond substituents is 1. The van der Waals surface area contributed by atoms with E-state index in [1.165, 1.54) is 21.9 Å². The van der Waals surface area contributed by atoms with Crippen molar-refractivity contribution in [3.05, 3.63) is 139 Å². The van der Waals surface area contributed by atoms with Gasteiger partial charge in [0.05, 0.1) is 11.1 Å². The number of oxazole rings is 1. The van der Waals surface area contributed by atoms with Crippen LogP contribution in [0.5, 0.6) is 5.75 Å². The molecule has 0 unspecified atom stereocenters. The van der Waals surface area contributed by atoms with E-state index >= 15 is 0 Å². The minimum absolute atomic E-state index is 0. The number of pyridine rings is 1. The molecule has 1 N–H and O–H groups in total. The van der Waals surface area contributed by atoms with Gasteiger partial charge in [-0.05, 0) is 63.0 Å². The Bertz CT molecular complexity index is 2430. The van der Waals surface area contributed by atoms with Gasteiger partial charge in [0.25, 0.3) is 0 Å². The van der Waals surface area contributed by atoms with E-state index in [2.05, 4.69) is 106 Å². The van der Waals surface area contributed by atoms with Gasteiger partial charge >= 0.3 is 0 Å². The number of hydrogen-bond donors (Lipinski definition) is 1. The molecule has 0 saturated carbocycles. The van der Waals surface area contributed by atoms with Crippen molar-refractivity contribution in [1.29, 1.82) is 0 Å². The predicted octanol–water partition coefficient (Wildman–Crippen LogP) is 11.0. The summed E-state index contributed by atoms with van der Waals surface area (Å²) in [5.41, 5.74) is 10.1. The van der Waals surface area contributed by atoms with Gasteiger partial charge in [0.1, 0.15) is 11.3 Å². The van der Waals surface area contributed by atoms with Gasteiger partial charge in [-0.2, -0.15) is 0 Å². The molecule has 2 aromatic heterocycles. The molecule has 8 rings (SSSR count). The molecule has 8 aromatic rings. The standard InChI is InChI=1S/C42H31N2O2.Pt/c1-42(2,3)31-23-28(34-17-9-19-38-40(34)44-41(46-38)35-15-6-7-18-37(35)45)22-29(24-31)36-25-30(21-27-13-10-20-43-39(27)36)33-16-8-12-26-11-4-5-14-32(26)33;/h4-21,23-25,45H,1-3H3;/q-1;. The summed E-state index contributed by atoms with van der Waals surface area (Å²) in [7, 11) is 0. The zero-order chi connectivity index (χ0) is 31.4. The van der Waals surface area contributed by atoms with Crippen molar-refractivity contribution in [3.63, 3.8) is 0 Å². The molecular formula is C42H31N2O2Pt-. The normalized spacial score (nSPS) is 11.6. The van der Waals surface area contributed by atoms with Crippen LogP contribution in [0.2, 0.25) is 0 Å². The summed E-state index contributed by atoms with van der Waals surface area (Å²) < 4.78 is 6.17. The molecule has 0 atom stereocenters. The average Bonchev–Trinajstić information content (AvgIpc) is 3.51. The molecule has 0 amide bonds. The molecule has 0 aliphatic heterocycles. The van der Waals surface area contributed by atoms with Crippen LogP contribution in [0.3, 0.4) is 0 Å². The van der Waals surface area contributed by atoms with Gasteiger partial charge in [-0.15, -0.1) is 34.9 Å². The molecule has 232 valence electrons. The van der Waals surface area contributed by atoms with Crippen molar-refractivity contribution in [2.24, 2.45) is 0 Å². The number of nitrogens with zero attached hydrogens (tertiary/aromatic N) is 2. The van der Waals surface area contributed by atoms with Crippen molar-refractivity contribution in [1.82, 2.24) is 9.97 Å². The van der Waals surface area contributed by atoms with E-state index in [1.807, 2.05) is 36.5 Å². The average molecular weight is 791 g/mol. The minimum atomic E-state index is -0.131. The molecule has 0 aliphatic carbocycles. The molecule has 0 aliphatic rings. The predicted molar refractivity (Wildman–Crippen MR) is 188 cm³/mol. The number of phenols is 1. The van der Waals surface area contributed by atoms with Gasteiger partial charge in [-0.1, -0.05) is 111 Å². The fourth-order valence-electron chi connectivity index (χ4n) is 6.26. The van der Waals surface area contributed by atoms with Crippen LogP contribution in [-0.2, 0) is 26.5 Å². The van der Waals surface area contributed by atoms with E-state index in [0.29, 0.717) is 17.0 Å². The Hall–Kier alpha value is -5.05. The van der Waals surface area contributed by atoms with Crippen LogP contribution in [0.1, 0.15) is 26.3 Å². The first-order valence-corrected chi connectivity index (χ1v) is 15.5. The summed E-state index contributed by atoms with van der Waals surface area (Å²) in [6.07, 6.45) is 1.86. The minimum Gasteiger partial charge on any atom is -0.507 e. The van der Waals surface area contributed by atoms with Crippen LogP contribution < -0.4 is 0 Å². The molecule has 2 heterocycles. The molecule has 47 heavy (non-hydrogen) atoms. The second kappa shape index (κ2) is 12.0. The van der Waals surface area contributed by atoms with E-state index in [0.717, 1.165) is 44.2 Å². The Morgan fingerprint density at radius 1 is 0.638 bits per heavy atom. The number of aromatic nitrogens is 2. The summed E-state index contributed by atoms with van der Waals surface area (Å²) in [5.74, 6) is 0.510. The number of fused-ring (bicyclic) bond motifs is 3. The SMILES string of the molecule is CC(C)(C)c1cc(-c2cc(-c3cccc4ccccc34)cc3cccnc23)[c-]c(-c2cccc3oc(-c4ccccc4O)nc23)c1.[Pt]. The molecule has 4 nitrogen and oxygen atoms in total. The van der Waals surface area contributed by atoms with Gasteiger partial charge in [-0.3, -0.25) is 4.98 Å². The first kappa shape index (κ1) is 30.6. The van der Waals surface area contributed by atoms with Crippen LogP contribution in [0.15, 0.2) is 132 Å². The maximum atomic E-state index is 10.5. The van der Waals surface area contributed by atoms with E-state index in [4.69, 9.17) is 14.4 Å². The Morgan fingerprint density at radius 2 is 1.32 bits per heavy atom. The maximum absolute atomic E-state index is 10.5. The first-order valence-electron chi connectivity index (χ1n) is 15.5. The van der Waals surface area contributed by atoms with Crippen molar-refractivity contribution in [2.75, 3.05) is 0 Å². The number of hydrogen-bond acceptors (Lipinski definition) is 4. The van der Waals surface area contributed by atoms with Crippen LogP contribution in [0, 0.1) is 6.07 Å². The quantitative estimate of drug-likeness (QED) is 0.180. The third kappa shape index (κ3) is 5.53. The third-order valence-corrected chi connectivity index (χ3v) is 8.67. The second-order valence-corrected chi connectivity index (χ2v) is 12.8. The van der Waals surface area contributed by atoms with E-state index < -0.39 is 0 Å². The van der Waals surface area contributed by atoms with Crippen LogP contribution >= 0.6 is 0 Å². The molecule has 6 aromatic carbocycles. The van der Waals surface area contributed by atoms with Crippen molar-refractivity contribution < 1.29 is 30.6 Å². The van der Waals surface area contributed by atoms with Gasteiger partial charge in [-0.25, -0.2) is 4.98 Å². The Balaban J connectivity index is 0.00000351. The Kier molecular flexibility index (Phi) is 7.78. The smallest absolute Gasteiger partial charge is 0.230 e. The summed E-state index contributed by atoms with van der Waals surface area (Å²) in [6.45, 7) is 6.68. The van der Waals surface area contributed by atoms with E-state index in [9.17, 15) is 5.11 Å². The van der Waals surface area contributed by atoms with Gasteiger partial charge in [0.2, 0.25) is 5.89 Å². The fraction of sp³-hybridized carbons (Fsp3) is 0.0952. The second-order valence-electron chi connectivity index (χ2n) is 12.8. The zero-order valence-corrected chi connectivity index (χ0v) is 28.5. The number of benzene rings is 6. The van der Waals surface area contributed by atoms with Crippen molar-refractivity contribution in [2.45, 2.75) is 26.2 Å². The Labute approximate surface area is 288 Å². The molecular weight excluding hydrogens is 760 g/mol. The molecule has 5 heteroatoms. The molecule has 0 bridgehead atoms. The fourth-order valence-corrected chi connectivity index (χ4v) is 6.26. The number of para-hydroxylation sites is 2. The summed E-state index contributed by atoms with van der Waals surface area (Å²) >= 11 is 0. The third-order valence-electron chi connectivity index (χ3n) is 8.67. The largest absolute Gasteiger partial charge is 0.507 e. The summed E-state index contributed by atoms with van der Waals surface area (Å²) in [4.78, 5) is 9.76. The van der Waals surface area contributed by atoms with E-state index in [1.54, 1.807) is 12.1 Å². The van der Waals surface area contributed by atoms with Gasteiger partial charge in [0, 0.05) is 32.8 Å². The summed E-state index contributed by atoms with van der Waals surface area (Å²) in [5, 5.41) is 14.0. The topological polar surface area (TPSA) is 59.2 Å². The number of rotatable bonds is 4. The summed E-state index contributed by atoms with van der Waals surface area (Å²) in [6, 6.07) is 44.9. The molecule has 0 saturated heterocycles. The first-order chi connectivity index (χ1) is 22.3. The molecule has 0 radical (unpaired) electrons. The zero-order valence-electron chi connectivity index (χ0n) is 26.2. The van der Waals surface area contributed by atoms with Gasteiger partial charge in [0.15, 0.2) is 0 Å². The Morgan fingerprint density at radius 3 is 2.15 bits per heavy atom. The van der Waals surface area contributed by atoms with Crippen molar-refractivity contribution in [3.8, 4) is 50.6 Å². The monoisotopic (exact) mass is 790 g/mol. The molecule has 0 fully saturated rings. The maximum Gasteiger partial charge on any atom is 0.230 e. The van der Waals surface area contributed by atoms with Crippen molar-refractivity contribution >= 4 is 32.8 Å². The number of aromatic hydroxyl groups is 1. The van der Waals surface area contributed by atoms with Crippen LogP contribution in [-0.4, -0.2) is 15.1 Å². The molecule has 0 spiro atoms. The van der Waals surface area contributed by atoms with Gasteiger partial charge < -0.3 is 9.52 Å². The van der Waals surface area contributed by atoms with Crippen LogP contribution in [0.25, 0.3) is 77.6 Å². The van der Waals surface area contributed by atoms with Crippen LogP contribution in [0.4, 0.5) is 0 Å².